The van der Waals surface area contributed by atoms with Crippen molar-refractivity contribution in [2.75, 3.05) is 18.0 Å². The molecule has 1 aromatic carbocycles. The van der Waals surface area contributed by atoms with Gasteiger partial charge in [0, 0.05) is 12.2 Å². The molecule has 0 unspecified atom stereocenters. The summed E-state index contributed by atoms with van der Waals surface area (Å²) in [5.74, 6) is -0.149. The summed E-state index contributed by atoms with van der Waals surface area (Å²) in [4.78, 5) is 1.90. The number of nitrogens with one attached hydrogen (secondary N) is 1. The van der Waals surface area contributed by atoms with Gasteiger partial charge in [-0.2, -0.15) is 0 Å². The van der Waals surface area contributed by atoms with Gasteiger partial charge in [-0.25, -0.2) is 4.39 Å². The molecule has 0 bridgehead atoms. The number of halogens is 1. The minimum atomic E-state index is -0.257. The third-order valence-electron chi connectivity index (χ3n) is 1.93. The molecule has 0 spiro atoms. The second-order valence-electron chi connectivity index (χ2n) is 3.02. The van der Waals surface area contributed by atoms with E-state index in [1.807, 2.05) is 11.8 Å². The highest BCUT2D eigenvalue weighted by atomic mass is 19.1. The fourth-order valence-corrected chi connectivity index (χ4v) is 1.24. The summed E-state index contributed by atoms with van der Waals surface area (Å²) in [5, 5.41) is 7.18. The first-order valence-electron chi connectivity index (χ1n) is 4.47. The lowest BCUT2D eigenvalue weighted by molar-refractivity contribution is 0.627. The Morgan fingerprint density at radius 3 is 2.43 bits per heavy atom. The Hall–Kier alpha value is -1.58. The Kier molecular flexibility index (Phi) is 3.45. The summed E-state index contributed by atoms with van der Waals surface area (Å²) in [5.41, 5.74) is 6.18. The number of rotatable bonds is 4. The van der Waals surface area contributed by atoms with Crippen molar-refractivity contribution in [1.29, 1.82) is 5.41 Å². The number of anilines is 1. The van der Waals surface area contributed by atoms with E-state index in [0.717, 1.165) is 12.2 Å². The highest BCUT2D eigenvalue weighted by Crippen LogP contribution is 2.13. The van der Waals surface area contributed by atoms with Crippen molar-refractivity contribution in [3.8, 4) is 0 Å². The average Bonchev–Trinajstić information content (AvgIpc) is 2.15. The number of nitrogens with zero attached hydrogens (tertiary/aromatic N) is 1. The molecule has 3 nitrogen and oxygen atoms in total. The van der Waals surface area contributed by atoms with Crippen LogP contribution >= 0.6 is 0 Å². The lowest BCUT2D eigenvalue weighted by atomic mass is 10.2. The molecule has 0 atom stereocenters. The molecular formula is C10H14FN3. The molecule has 1 aromatic rings. The van der Waals surface area contributed by atoms with Crippen molar-refractivity contribution in [2.45, 2.75) is 6.92 Å². The van der Waals surface area contributed by atoms with Gasteiger partial charge in [0.15, 0.2) is 0 Å². The van der Waals surface area contributed by atoms with E-state index >= 15 is 0 Å². The molecule has 0 aliphatic rings. The van der Waals surface area contributed by atoms with Crippen LogP contribution in [0, 0.1) is 11.2 Å². The Morgan fingerprint density at radius 1 is 1.43 bits per heavy atom. The summed E-state index contributed by atoms with van der Waals surface area (Å²) in [6.07, 6.45) is 0. The van der Waals surface area contributed by atoms with Crippen LogP contribution < -0.4 is 10.6 Å². The van der Waals surface area contributed by atoms with E-state index in [-0.39, 0.29) is 11.7 Å². The van der Waals surface area contributed by atoms with Gasteiger partial charge in [0.2, 0.25) is 0 Å². The zero-order valence-electron chi connectivity index (χ0n) is 8.13. The van der Waals surface area contributed by atoms with Crippen LogP contribution in [0.2, 0.25) is 0 Å². The van der Waals surface area contributed by atoms with Crippen LogP contribution in [0.4, 0.5) is 10.1 Å². The summed E-state index contributed by atoms with van der Waals surface area (Å²) >= 11 is 0. The molecular weight excluding hydrogens is 181 g/mol. The lowest BCUT2D eigenvalue weighted by Gasteiger charge is -2.22. The van der Waals surface area contributed by atoms with E-state index in [1.54, 1.807) is 12.1 Å². The van der Waals surface area contributed by atoms with Crippen LogP contribution in [0.15, 0.2) is 24.3 Å². The van der Waals surface area contributed by atoms with Gasteiger partial charge in [0.1, 0.15) is 11.7 Å². The van der Waals surface area contributed by atoms with Crippen molar-refractivity contribution < 1.29 is 4.39 Å². The number of nitrogens with two attached hydrogens (primary N) is 1. The lowest BCUT2D eigenvalue weighted by Crippen LogP contribution is -2.33. The summed E-state index contributed by atoms with van der Waals surface area (Å²) in [7, 11) is 0. The molecule has 0 aliphatic carbocycles. The molecule has 14 heavy (non-hydrogen) atoms. The van der Waals surface area contributed by atoms with Crippen LogP contribution in [0.5, 0.6) is 0 Å². The van der Waals surface area contributed by atoms with E-state index in [4.69, 9.17) is 11.1 Å². The Labute approximate surface area is 82.8 Å². The van der Waals surface area contributed by atoms with Crippen molar-refractivity contribution in [2.24, 2.45) is 5.73 Å². The van der Waals surface area contributed by atoms with Gasteiger partial charge in [-0.1, -0.05) is 0 Å². The summed E-state index contributed by atoms with van der Waals surface area (Å²) in [6.45, 7) is 3.08. The van der Waals surface area contributed by atoms with Gasteiger partial charge in [0.25, 0.3) is 0 Å². The van der Waals surface area contributed by atoms with Gasteiger partial charge < -0.3 is 10.6 Å². The van der Waals surface area contributed by atoms with Crippen LogP contribution in [-0.4, -0.2) is 18.9 Å². The van der Waals surface area contributed by atoms with Crippen molar-refractivity contribution >= 4 is 11.5 Å². The number of amidine groups is 1. The Balaban J connectivity index is 2.78. The highest BCUT2D eigenvalue weighted by Gasteiger charge is 2.04. The summed E-state index contributed by atoms with van der Waals surface area (Å²) in [6, 6.07) is 6.17. The topological polar surface area (TPSA) is 53.1 Å². The third-order valence-corrected chi connectivity index (χ3v) is 1.93. The molecule has 76 valence electrons. The van der Waals surface area contributed by atoms with E-state index < -0.39 is 0 Å². The second-order valence-corrected chi connectivity index (χ2v) is 3.02. The SMILES string of the molecule is CCN(CC(=N)N)c1ccc(F)cc1. The second kappa shape index (κ2) is 4.60. The van der Waals surface area contributed by atoms with Crippen LogP contribution in [0.1, 0.15) is 6.92 Å². The van der Waals surface area contributed by atoms with Crippen LogP contribution in [-0.2, 0) is 0 Å². The van der Waals surface area contributed by atoms with Gasteiger partial charge in [-0.15, -0.1) is 0 Å². The Bertz CT molecular complexity index is 308. The van der Waals surface area contributed by atoms with E-state index in [2.05, 4.69) is 0 Å². The molecule has 0 amide bonds. The Morgan fingerprint density at radius 2 is 2.00 bits per heavy atom. The molecule has 0 radical (unpaired) electrons. The number of hydrogen-bond donors (Lipinski definition) is 2. The smallest absolute Gasteiger partial charge is 0.123 e. The van der Waals surface area contributed by atoms with Crippen molar-refractivity contribution in [1.82, 2.24) is 0 Å². The molecule has 0 aliphatic heterocycles. The van der Waals surface area contributed by atoms with E-state index in [0.29, 0.717) is 6.54 Å². The van der Waals surface area contributed by atoms with Gasteiger partial charge in [-0.05, 0) is 31.2 Å². The average molecular weight is 195 g/mol. The first-order chi connectivity index (χ1) is 6.63. The van der Waals surface area contributed by atoms with Crippen LogP contribution in [0.25, 0.3) is 0 Å². The first-order valence-corrected chi connectivity index (χ1v) is 4.47. The largest absolute Gasteiger partial charge is 0.386 e. The van der Waals surface area contributed by atoms with Crippen LogP contribution in [0.3, 0.4) is 0 Å². The fourth-order valence-electron chi connectivity index (χ4n) is 1.24. The molecule has 1 rings (SSSR count). The van der Waals surface area contributed by atoms with Gasteiger partial charge in [-0.3, -0.25) is 5.41 Å². The number of benzene rings is 1. The minimum Gasteiger partial charge on any atom is -0.386 e. The van der Waals surface area contributed by atoms with Gasteiger partial charge >= 0.3 is 0 Å². The zero-order chi connectivity index (χ0) is 10.6. The molecule has 0 saturated carbocycles. The monoisotopic (exact) mass is 195 g/mol. The first kappa shape index (κ1) is 10.5. The quantitative estimate of drug-likeness (QED) is 0.566. The van der Waals surface area contributed by atoms with E-state index in [1.165, 1.54) is 12.1 Å². The predicted molar refractivity (Wildman–Crippen MR) is 56.2 cm³/mol. The van der Waals surface area contributed by atoms with E-state index in [9.17, 15) is 4.39 Å². The maximum atomic E-state index is 12.6. The standard InChI is InChI=1S/C10H14FN3/c1-2-14(7-10(12)13)9-5-3-8(11)4-6-9/h3-6H,2,7H2,1H3,(H3,12,13). The summed E-state index contributed by atoms with van der Waals surface area (Å²) < 4.78 is 12.6. The third kappa shape index (κ3) is 2.73. The maximum Gasteiger partial charge on any atom is 0.123 e. The number of likely N-dealkylation sites (N-methyl/N-ethyl adjacent to an activating group) is 1. The molecule has 0 fully saturated rings. The normalized spacial score (nSPS) is 9.86. The minimum absolute atomic E-state index is 0.108. The molecule has 0 saturated heterocycles. The van der Waals surface area contributed by atoms with Crippen molar-refractivity contribution in [3.63, 3.8) is 0 Å². The molecule has 0 aromatic heterocycles. The highest BCUT2D eigenvalue weighted by molar-refractivity contribution is 5.82. The number of hydrogen-bond acceptors (Lipinski definition) is 2. The fraction of sp³-hybridized carbons (Fsp3) is 0.300. The molecule has 3 N–H and O–H groups in total. The zero-order valence-corrected chi connectivity index (χ0v) is 8.13. The maximum absolute atomic E-state index is 12.6. The molecule has 4 heteroatoms. The van der Waals surface area contributed by atoms with Crippen molar-refractivity contribution in [3.05, 3.63) is 30.1 Å². The predicted octanol–water partition coefficient (Wildman–Crippen LogP) is 1.59. The van der Waals surface area contributed by atoms with Gasteiger partial charge in [0.05, 0.1) is 6.54 Å². The molecule has 0 heterocycles.